The molecule has 0 saturated heterocycles. The van der Waals surface area contributed by atoms with Crippen molar-refractivity contribution in [3.8, 4) is 0 Å². The van der Waals surface area contributed by atoms with Crippen LogP contribution in [0.15, 0.2) is 36.4 Å². The normalized spacial score (nSPS) is 14.9. The van der Waals surface area contributed by atoms with Gasteiger partial charge in [-0.3, -0.25) is 4.79 Å². The lowest BCUT2D eigenvalue weighted by atomic mass is 9.99. The Morgan fingerprint density at radius 3 is 2.55 bits per heavy atom. The largest absolute Gasteiger partial charge is 0.479 e. The molecule has 0 saturated carbocycles. The van der Waals surface area contributed by atoms with Gasteiger partial charge in [0.2, 0.25) is 0 Å². The van der Waals surface area contributed by atoms with Gasteiger partial charge < -0.3 is 10.4 Å². The molecule has 0 unspecified atom stereocenters. The van der Waals surface area contributed by atoms with E-state index in [0.29, 0.717) is 10.4 Å². The Bertz CT molecular complexity index is 670. The zero-order valence-corrected chi connectivity index (χ0v) is 12.9. The summed E-state index contributed by atoms with van der Waals surface area (Å²) in [6.45, 7) is 0. The first kappa shape index (κ1) is 14.8. The summed E-state index contributed by atoms with van der Waals surface area (Å²) in [6.07, 6.45) is 4.36. The average Bonchev–Trinajstić information content (AvgIpc) is 2.97. The van der Waals surface area contributed by atoms with Crippen LogP contribution in [0.1, 0.15) is 44.6 Å². The number of amides is 1. The van der Waals surface area contributed by atoms with Gasteiger partial charge in [0.25, 0.3) is 5.91 Å². The van der Waals surface area contributed by atoms with Crippen molar-refractivity contribution >= 4 is 23.2 Å². The van der Waals surface area contributed by atoms with Crippen LogP contribution < -0.4 is 5.32 Å². The number of aliphatic carboxylic acids is 1. The molecular weight excluding hydrogens is 298 g/mol. The fourth-order valence-corrected chi connectivity index (χ4v) is 3.89. The predicted molar refractivity (Wildman–Crippen MR) is 85.2 cm³/mol. The van der Waals surface area contributed by atoms with E-state index in [9.17, 15) is 14.7 Å². The Hall–Kier alpha value is -2.14. The average molecular weight is 315 g/mol. The minimum Gasteiger partial charge on any atom is -0.479 e. The quantitative estimate of drug-likeness (QED) is 0.910. The molecule has 3 rings (SSSR count). The number of hydrogen-bond acceptors (Lipinski definition) is 3. The van der Waals surface area contributed by atoms with Crippen LogP contribution in [0.25, 0.3) is 0 Å². The van der Waals surface area contributed by atoms with E-state index < -0.39 is 12.0 Å². The van der Waals surface area contributed by atoms with E-state index in [1.807, 2.05) is 12.1 Å². The molecule has 2 N–H and O–H groups in total. The number of carbonyl (C=O) groups is 2. The fourth-order valence-electron chi connectivity index (χ4n) is 2.74. The summed E-state index contributed by atoms with van der Waals surface area (Å²) in [6, 6.07) is 9.66. The number of carboxylic acids is 1. The van der Waals surface area contributed by atoms with Gasteiger partial charge in [-0.15, -0.1) is 11.3 Å². The van der Waals surface area contributed by atoms with Gasteiger partial charge in [-0.2, -0.15) is 0 Å². The number of carbonyl (C=O) groups excluding carboxylic acids is 1. The third-order valence-electron chi connectivity index (χ3n) is 3.88. The molecule has 22 heavy (non-hydrogen) atoms. The number of nitrogens with one attached hydrogen (secondary N) is 1. The number of carboxylic acid groups (broad SMARTS) is 1. The molecule has 4 nitrogen and oxygen atoms in total. The molecule has 1 aromatic heterocycles. The van der Waals surface area contributed by atoms with Crippen LogP contribution in [0.4, 0.5) is 0 Å². The minimum atomic E-state index is -1.05. The van der Waals surface area contributed by atoms with Crippen molar-refractivity contribution in [3.63, 3.8) is 0 Å². The number of aryl methyl sites for hydroxylation is 2. The summed E-state index contributed by atoms with van der Waals surface area (Å²) in [5.74, 6) is -1.36. The molecule has 0 fully saturated rings. The van der Waals surface area contributed by atoms with E-state index in [1.54, 1.807) is 24.3 Å². The highest BCUT2D eigenvalue weighted by atomic mass is 32.1. The van der Waals surface area contributed by atoms with Gasteiger partial charge in [0.05, 0.1) is 4.88 Å². The van der Waals surface area contributed by atoms with Crippen molar-refractivity contribution in [2.24, 2.45) is 0 Å². The van der Waals surface area contributed by atoms with Crippen LogP contribution in [0, 0.1) is 0 Å². The van der Waals surface area contributed by atoms with Crippen molar-refractivity contribution in [1.82, 2.24) is 5.32 Å². The Kier molecular flexibility index (Phi) is 4.24. The lowest BCUT2D eigenvalue weighted by Gasteiger charge is -2.14. The molecule has 1 aromatic carbocycles. The summed E-state index contributed by atoms with van der Waals surface area (Å²) < 4.78 is 0. The maximum Gasteiger partial charge on any atom is 0.330 e. The van der Waals surface area contributed by atoms with Crippen molar-refractivity contribution in [1.29, 1.82) is 0 Å². The first-order valence-corrected chi connectivity index (χ1v) is 8.17. The Morgan fingerprint density at radius 2 is 1.86 bits per heavy atom. The van der Waals surface area contributed by atoms with Crippen LogP contribution in [0.3, 0.4) is 0 Å². The smallest absolute Gasteiger partial charge is 0.330 e. The van der Waals surface area contributed by atoms with Crippen molar-refractivity contribution in [2.75, 3.05) is 0 Å². The molecule has 2 aromatic rings. The van der Waals surface area contributed by atoms with E-state index in [-0.39, 0.29) is 5.91 Å². The van der Waals surface area contributed by atoms with Crippen molar-refractivity contribution in [3.05, 3.63) is 57.3 Å². The second kappa shape index (κ2) is 6.32. The van der Waals surface area contributed by atoms with Crippen LogP contribution in [0.5, 0.6) is 0 Å². The predicted octanol–water partition coefficient (Wildman–Crippen LogP) is 3.18. The second-order valence-electron chi connectivity index (χ2n) is 5.42. The third-order valence-corrected chi connectivity index (χ3v) is 5.11. The highest BCUT2D eigenvalue weighted by molar-refractivity contribution is 7.14. The van der Waals surface area contributed by atoms with Crippen molar-refractivity contribution in [2.45, 2.75) is 31.7 Å². The van der Waals surface area contributed by atoms with Gasteiger partial charge in [-0.05, 0) is 42.9 Å². The van der Waals surface area contributed by atoms with E-state index in [1.165, 1.54) is 21.8 Å². The van der Waals surface area contributed by atoms with Crippen LogP contribution in [-0.2, 0) is 17.6 Å². The fraction of sp³-hybridized carbons (Fsp3) is 0.294. The molecule has 0 aliphatic heterocycles. The van der Waals surface area contributed by atoms with Crippen molar-refractivity contribution < 1.29 is 14.7 Å². The molecule has 0 radical (unpaired) electrons. The van der Waals surface area contributed by atoms with Crippen LogP contribution in [-0.4, -0.2) is 17.0 Å². The summed E-state index contributed by atoms with van der Waals surface area (Å²) in [5.41, 5.74) is 1.82. The molecule has 1 amide bonds. The molecule has 5 heteroatoms. The number of rotatable bonds is 4. The van der Waals surface area contributed by atoms with Crippen LogP contribution >= 0.6 is 11.3 Å². The number of fused-ring (bicyclic) bond motifs is 1. The summed E-state index contributed by atoms with van der Waals surface area (Å²) in [4.78, 5) is 25.7. The molecule has 1 aliphatic rings. The van der Waals surface area contributed by atoms with Gasteiger partial charge in [0.1, 0.15) is 0 Å². The molecule has 1 atom stereocenters. The summed E-state index contributed by atoms with van der Waals surface area (Å²) in [5, 5.41) is 12.0. The zero-order valence-electron chi connectivity index (χ0n) is 12.0. The van der Waals surface area contributed by atoms with E-state index in [0.717, 1.165) is 25.7 Å². The molecular formula is C17H17NO3S. The first-order chi connectivity index (χ1) is 10.6. The van der Waals surface area contributed by atoms with Gasteiger partial charge in [-0.25, -0.2) is 4.79 Å². The highest BCUT2D eigenvalue weighted by Gasteiger charge is 2.24. The van der Waals surface area contributed by atoms with E-state index in [4.69, 9.17) is 0 Å². The summed E-state index contributed by atoms with van der Waals surface area (Å²) >= 11 is 1.49. The minimum absolute atomic E-state index is 0.310. The summed E-state index contributed by atoms with van der Waals surface area (Å²) in [7, 11) is 0. The first-order valence-electron chi connectivity index (χ1n) is 7.35. The number of thiophene rings is 1. The van der Waals surface area contributed by atoms with E-state index >= 15 is 0 Å². The van der Waals surface area contributed by atoms with E-state index in [2.05, 4.69) is 5.32 Å². The Morgan fingerprint density at radius 1 is 1.14 bits per heavy atom. The third kappa shape index (κ3) is 3.04. The molecule has 114 valence electrons. The lowest BCUT2D eigenvalue weighted by Crippen LogP contribution is -2.33. The zero-order chi connectivity index (χ0) is 15.5. The number of benzene rings is 1. The topological polar surface area (TPSA) is 66.4 Å². The second-order valence-corrected chi connectivity index (χ2v) is 6.56. The molecule has 1 aliphatic carbocycles. The SMILES string of the molecule is O=C(N[C@H](C(=O)O)c1ccccc1)c1cc2c(s1)CCCC2. The van der Waals surface area contributed by atoms with Gasteiger partial charge in [0.15, 0.2) is 6.04 Å². The van der Waals surface area contributed by atoms with Gasteiger partial charge in [-0.1, -0.05) is 30.3 Å². The number of hydrogen-bond donors (Lipinski definition) is 2. The molecule has 0 bridgehead atoms. The monoisotopic (exact) mass is 315 g/mol. The maximum absolute atomic E-state index is 12.4. The molecule has 1 heterocycles. The maximum atomic E-state index is 12.4. The Balaban J connectivity index is 1.79. The van der Waals surface area contributed by atoms with Gasteiger partial charge in [0, 0.05) is 4.88 Å². The van der Waals surface area contributed by atoms with Crippen LogP contribution in [0.2, 0.25) is 0 Å². The lowest BCUT2D eigenvalue weighted by molar-refractivity contribution is -0.139. The van der Waals surface area contributed by atoms with Gasteiger partial charge >= 0.3 is 5.97 Å². The molecule has 0 spiro atoms. The standard InChI is InChI=1S/C17H17NO3S/c19-16(14-10-12-8-4-5-9-13(12)22-14)18-15(17(20)21)11-6-2-1-3-7-11/h1-3,6-7,10,15H,4-5,8-9H2,(H,18,19)(H,20,21)/t15-/m0/s1. The highest BCUT2D eigenvalue weighted by Crippen LogP contribution is 2.30. The Labute approximate surface area is 132 Å².